The van der Waals surface area contributed by atoms with E-state index in [9.17, 15) is 9.59 Å². The Kier molecular flexibility index (Phi) is 7.51. The van der Waals surface area contributed by atoms with Crippen LogP contribution in [0.1, 0.15) is 36.7 Å². The summed E-state index contributed by atoms with van der Waals surface area (Å²) in [6.45, 7) is 4.26. The highest BCUT2D eigenvalue weighted by Gasteiger charge is 2.13. The van der Waals surface area contributed by atoms with E-state index in [-0.39, 0.29) is 18.0 Å². The van der Waals surface area contributed by atoms with Gasteiger partial charge in [-0.15, -0.1) is 0 Å². The van der Waals surface area contributed by atoms with Gasteiger partial charge in [-0.3, -0.25) is 9.59 Å². The highest BCUT2D eigenvalue weighted by atomic mass is 79.9. The second-order valence-electron chi connectivity index (χ2n) is 9.30. The standard InChI is InChI=1S/C30H28BrN5O2/c1-3-4-9-28-34-26-15-12-22(31)16-25(26)30(38)36(28)32-17-21-18-35(27-8-6-5-7-24(21)27)19-29(37)33-23-13-10-20(2)11-14-23/h5-8,10-18H,3-4,9,19H2,1-2H3,(H,33,37). The van der Waals surface area contributed by atoms with E-state index in [0.717, 1.165) is 45.0 Å². The summed E-state index contributed by atoms with van der Waals surface area (Å²) in [5.74, 6) is 0.504. The summed E-state index contributed by atoms with van der Waals surface area (Å²) in [7, 11) is 0. The number of halogens is 1. The third kappa shape index (κ3) is 5.45. The van der Waals surface area contributed by atoms with Crippen LogP contribution in [-0.4, -0.2) is 26.3 Å². The Balaban J connectivity index is 1.50. The molecule has 3 aromatic carbocycles. The molecule has 2 heterocycles. The number of carbonyl (C=O) groups excluding carboxylic acids is 1. The molecule has 0 atom stereocenters. The SMILES string of the molecule is CCCCc1nc2ccc(Br)cc2c(=O)n1N=Cc1cn(CC(=O)Nc2ccc(C)cc2)c2ccccc12. The van der Waals surface area contributed by atoms with Gasteiger partial charge in [0.25, 0.3) is 5.56 Å². The molecular weight excluding hydrogens is 542 g/mol. The lowest BCUT2D eigenvalue weighted by Crippen LogP contribution is -2.22. The van der Waals surface area contributed by atoms with Crippen LogP contribution in [0.15, 0.2) is 87.3 Å². The summed E-state index contributed by atoms with van der Waals surface area (Å²) in [4.78, 5) is 31.0. The van der Waals surface area contributed by atoms with Crippen molar-refractivity contribution in [2.75, 3.05) is 5.32 Å². The van der Waals surface area contributed by atoms with Gasteiger partial charge in [0.1, 0.15) is 12.4 Å². The van der Waals surface area contributed by atoms with Crippen LogP contribution in [0, 0.1) is 6.92 Å². The van der Waals surface area contributed by atoms with Crippen LogP contribution in [0.4, 0.5) is 5.69 Å². The molecule has 38 heavy (non-hydrogen) atoms. The maximum Gasteiger partial charge on any atom is 0.282 e. The maximum atomic E-state index is 13.4. The normalized spacial score (nSPS) is 11.6. The first-order valence-electron chi connectivity index (χ1n) is 12.6. The molecule has 0 radical (unpaired) electrons. The van der Waals surface area contributed by atoms with Crippen molar-refractivity contribution in [2.45, 2.75) is 39.7 Å². The fourth-order valence-electron chi connectivity index (χ4n) is 4.43. The summed E-state index contributed by atoms with van der Waals surface area (Å²) in [5.41, 5.74) is 4.06. The number of para-hydroxylation sites is 1. The second kappa shape index (κ2) is 11.1. The minimum atomic E-state index is -0.208. The highest BCUT2D eigenvalue weighted by Crippen LogP contribution is 2.21. The van der Waals surface area contributed by atoms with Crippen molar-refractivity contribution in [3.05, 3.63) is 105 Å². The number of hydrogen-bond acceptors (Lipinski definition) is 4. The topological polar surface area (TPSA) is 81.3 Å². The quantitative estimate of drug-likeness (QED) is 0.223. The molecule has 5 rings (SSSR count). The largest absolute Gasteiger partial charge is 0.337 e. The van der Waals surface area contributed by atoms with Crippen LogP contribution < -0.4 is 10.9 Å². The molecule has 192 valence electrons. The molecule has 0 aliphatic heterocycles. The number of aryl methyl sites for hydroxylation is 2. The summed E-state index contributed by atoms with van der Waals surface area (Å²) in [6, 6.07) is 21.1. The van der Waals surface area contributed by atoms with E-state index >= 15 is 0 Å². The molecule has 0 saturated carbocycles. The zero-order chi connectivity index (χ0) is 26.6. The number of hydrogen-bond donors (Lipinski definition) is 1. The zero-order valence-electron chi connectivity index (χ0n) is 21.3. The number of rotatable bonds is 8. The molecule has 7 nitrogen and oxygen atoms in total. The molecular formula is C30H28BrN5O2. The van der Waals surface area contributed by atoms with Crippen molar-refractivity contribution < 1.29 is 4.79 Å². The lowest BCUT2D eigenvalue weighted by molar-refractivity contribution is -0.116. The van der Waals surface area contributed by atoms with Crippen LogP contribution in [0.2, 0.25) is 0 Å². The predicted molar refractivity (Wildman–Crippen MR) is 157 cm³/mol. The number of nitrogens with one attached hydrogen (secondary N) is 1. The first kappa shape index (κ1) is 25.6. The van der Waals surface area contributed by atoms with Crippen molar-refractivity contribution in [3.8, 4) is 0 Å². The van der Waals surface area contributed by atoms with Gasteiger partial charge in [-0.25, -0.2) is 4.98 Å². The van der Waals surface area contributed by atoms with E-state index < -0.39 is 0 Å². The van der Waals surface area contributed by atoms with Gasteiger partial charge >= 0.3 is 0 Å². The smallest absolute Gasteiger partial charge is 0.282 e. The highest BCUT2D eigenvalue weighted by molar-refractivity contribution is 9.10. The summed E-state index contributed by atoms with van der Waals surface area (Å²) >= 11 is 3.45. The molecule has 0 aliphatic rings. The molecule has 8 heteroatoms. The Morgan fingerprint density at radius 2 is 1.87 bits per heavy atom. The van der Waals surface area contributed by atoms with E-state index in [0.29, 0.717) is 23.1 Å². The molecule has 0 spiro atoms. The van der Waals surface area contributed by atoms with Crippen molar-refractivity contribution in [1.82, 2.24) is 14.2 Å². The average Bonchev–Trinajstić information content (AvgIpc) is 3.26. The first-order chi connectivity index (χ1) is 18.4. The predicted octanol–water partition coefficient (Wildman–Crippen LogP) is 6.29. The Morgan fingerprint density at radius 1 is 1.08 bits per heavy atom. The number of carbonyl (C=O) groups is 1. The number of unbranched alkanes of at least 4 members (excludes halogenated alkanes) is 1. The van der Waals surface area contributed by atoms with Gasteiger partial charge in [0.2, 0.25) is 5.91 Å². The van der Waals surface area contributed by atoms with Gasteiger partial charge in [-0.1, -0.05) is 65.2 Å². The van der Waals surface area contributed by atoms with Crippen molar-refractivity contribution >= 4 is 55.5 Å². The minimum absolute atomic E-state index is 0.125. The monoisotopic (exact) mass is 569 g/mol. The first-order valence-corrected chi connectivity index (χ1v) is 13.4. The molecule has 0 aliphatic carbocycles. The lowest BCUT2D eigenvalue weighted by Gasteiger charge is -2.09. The molecule has 0 bridgehead atoms. The molecule has 0 fully saturated rings. The fraction of sp³-hybridized carbons (Fsp3) is 0.200. The van der Waals surface area contributed by atoms with Crippen molar-refractivity contribution in [3.63, 3.8) is 0 Å². The van der Waals surface area contributed by atoms with Gasteiger partial charge in [0.05, 0.1) is 17.1 Å². The number of nitrogens with zero attached hydrogens (tertiary/aromatic N) is 4. The Morgan fingerprint density at radius 3 is 2.66 bits per heavy atom. The second-order valence-corrected chi connectivity index (χ2v) is 10.2. The van der Waals surface area contributed by atoms with Crippen LogP contribution in [0.3, 0.4) is 0 Å². The van der Waals surface area contributed by atoms with Crippen LogP contribution in [-0.2, 0) is 17.8 Å². The van der Waals surface area contributed by atoms with Gasteiger partial charge in [-0.05, 0) is 49.7 Å². The van der Waals surface area contributed by atoms with Crippen LogP contribution in [0.25, 0.3) is 21.8 Å². The van der Waals surface area contributed by atoms with Crippen molar-refractivity contribution in [1.29, 1.82) is 0 Å². The summed E-state index contributed by atoms with van der Waals surface area (Å²) in [5, 5.41) is 9.02. The molecule has 1 amide bonds. The number of benzene rings is 3. The number of aromatic nitrogens is 3. The molecule has 5 aromatic rings. The third-order valence-corrected chi connectivity index (χ3v) is 6.90. The Labute approximate surface area is 229 Å². The van der Waals surface area contributed by atoms with Gasteiger partial charge < -0.3 is 9.88 Å². The number of fused-ring (bicyclic) bond motifs is 2. The summed E-state index contributed by atoms with van der Waals surface area (Å²) < 4.78 is 4.12. The van der Waals surface area contributed by atoms with E-state index in [4.69, 9.17) is 4.98 Å². The molecule has 0 saturated heterocycles. The van der Waals surface area contributed by atoms with Gasteiger partial charge in [0, 0.05) is 39.2 Å². The van der Waals surface area contributed by atoms with Crippen LogP contribution in [0.5, 0.6) is 0 Å². The van der Waals surface area contributed by atoms with E-state index in [1.54, 1.807) is 12.3 Å². The van der Waals surface area contributed by atoms with Crippen molar-refractivity contribution in [2.24, 2.45) is 5.10 Å². The summed E-state index contributed by atoms with van der Waals surface area (Å²) in [6.07, 6.45) is 6.11. The van der Waals surface area contributed by atoms with Gasteiger partial charge in [-0.2, -0.15) is 9.78 Å². The molecule has 2 aromatic heterocycles. The lowest BCUT2D eigenvalue weighted by atomic mass is 10.2. The van der Waals surface area contributed by atoms with Gasteiger partial charge in [0.15, 0.2) is 0 Å². The maximum absolute atomic E-state index is 13.4. The average molecular weight is 570 g/mol. The Hall–Kier alpha value is -4.04. The minimum Gasteiger partial charge on any atom is -0.337 e. The van der Waals surface area contributed by atoms with E-state index in [1.807, 2.05) is 78.4 Å². The van der Waals surface area contributed by atoms with E-state index in [1.165, 1.54) is 4.68 Å². The number of amides is 1. The van der Waals surface area contributed by atoms with Crippen LogP contribution >= 0.6 is 15.9 Å². The van der Waals surface area contributed by atoms with E-state index in [2.05, 4.69) is 33.3 Å². The third-order valence-electron chi connectivity index (χ3n) is 6.41. The Bertz CT molecular complexity index is 1720. The zero-order valence-corrected chi connectivity index (χ0v) is 22.9. The number of anilines is 1. The molecule has 0 unspecified atom stereocenters. The molecule has 1 N–H and O–H groups in total. The fourth-order valence-corrected chi connectivity index (χ4v) is 4.79.